The third kappa shape index (κ3) is 18.0. The van der Waals surface area contributed by atoms with Crippen molar-refractivity contribution in [3.8, 4) is 0 Å². The van der Waals surface area contributed by atoms with Crippen LogP contribution in [0.5, 0.6) is 0 Å². The number of hydrogen-bond acceptors (Lipinski definition) is 4. The number of unbranched alkanes of at least 4 members (excludes halogenated alkanes) is 8. The topological polar surface area (TPSA) is 77.4 Å². The van der Waals surface area contributed by atoms with Gasteiger partial charge in [-0.25, -0.2) is 8.42 Å². The van der Waals surface area contributed by atoms with Gasteiger partial charge in [-0.1, -0.05) is 84.5 Å². The Balaban J connectivity index is 0. The molecule has 0 radical (unpaired) electrons. The number of hydrogen-bond donors (Lipinski definition) is 1. The third-order valence-electron chi connectivity index (χ3n) is 4.74. The zero-order valence-electron chi connectivity index (χ0n) is 16.8. The normalized spacial score (nSPS) is 14.1. The van der Waals surface area contributed by atoms with Gasteiger partial charge in [-0.3, -0.25) is 0 Å². The molecular weight excluding hydrogens is 347 g/mol. The molecule has 0 aromatic heterocycles. The van der Waals surface area contributed by atoms with E-state index >= 15 is 0 Å². The van der Waals surface area contributed by atoms with Crippen LogP contribution in [0.2, 0.25) is 0 Å². The van der Waals surface area contributed by atoms with Gasteiger partial charge in [0.25, 0.3) is 0 Å². The molecule has 0 aromatic carbocycles. The summed E-state index contributed by atoms with van der Waals surface area (Å²) in [7, 11) is -4.17. The van der Waals surface area contributed by atoms with Gasteiger partial charge in [-0.15, -0.1) is 0 Å². The maximum Gasteiger partial charge on any atom is 1.00 e. The van der Waals surface area contributed by atoms with Crippen LogP contribution < -0.4 is 29.6 Å². The van der Waals surface area contributed by atoms with Crippen LogP contribution in [-0.2, 0) is 10.1 Å². The molecule has 146 valence electrons. The summed E-state index contributed by atoms with van der Waals surface area (Å²) in [5, 5.41) is 9.19. The van der Waals surface area contributed by atoms with Crippen molar-refractivity contribution in [1.82, 2.24) is 0 Å². The molecule has 0 rings (SSSR count). The molecule has 25 heavy (non-hydrogen) atoms. The Morgan fingerprint density at radius 1 is 0.720 bits per heavy atom. The predicted octanol–water partition coefficient (Wildman–Crippen LogP) is 2.16. The van der Waals surface area contributed by atoms with Gasteiger partial charge in [0, 0.05) is 5.25 Å². The molecule has 1 N–H and O–H groups in total. The standard InChI is InChI=1S/C19H40O4S.Na/c1-3-5-7-10-14-18(20)15-11-9-13-17-19(24(21,22)23)16-12-8-6-4-2;/h18-20H,3-17H2,1-2H3,(H,21,22,23);/q;+1/p-1. The number of aliphatic hydroxyl groups excluding tert-OH is 1. The van der Waals surface area contributed by atoms with Crippen LogP contribution in [0, 0.1) is 0 Å². The number of aliphatic hydroxyl groups is 1. The van der Waals surface area contributed by atoms with E-state index in [1.54, 1.807) is 0 Å². The zero-order valence-corrected chi connectivity index (χ0v) is 19.7. The van der Waals surface area contributed by atoms with E-state index in [2.05, 4.69) is 13.8 Å². The summed E-state index contributed by atoms with van der Waals surface area (Å²) in [4.78, 5) is 0. The van der Waals surface area contributed by atoms with E-state index in [0.29, 0.717) is 12.8 Å². The van der Waals surface area contributed by atoms with Crippen molar-refractivity contribution in [2.75, 3.05) is 0 Å². The van der Waals surface area contributed by atoms with E-state index in [1.807, 2.05) is 0 Å². The van der Waals surface area contributed by atoms with Crippen molar-refractivity contribution in [2.45, 2.75) is 122 Å². The molecule has 2 atom stereocenters. The first kappa shape index (κ1) is 28.1. The van der Waals surface area contributed by atoms with E-state index in [-0.39, 0.29) is 35.7 Å². The molecule has 0 aliphatic carbocycles. The quantitative estimate of drug-likeness (QED) is 0.236. The van der Waals surface area contributed by atoms with Gasteiger partial charge in [0.05, 0.1) is 16.2 Å². The van der Waals surface area contributed by atoms with Gasteiger partial charge in [-0.2, -0.15) is 0 Å². The molecule has 6 heteroatoms. The van der Waals surface area contributed by atoms with Crippen LogP contribution in [-0.4, -0.2) is 29.4 Å². The van der Waals surface area contributed by atoms with Crippen LogP contribution in [0.15, 0.2) is 0 Å². The molecule has 0 saturated carbocycles. The fourth-order valence-electron chi connectivity index (χ4n) is 3.11. The summed E-state index contributed by atoms with van der Waals surface area (Å²) in [6, 6.07) is 0. The van der Waals surface area contributed by atoms with Crippen LogP contribution in [0.1, 0.15) is 110 Å². The van der Waals surface area contributed by atoms with Gasteiger partial charge in [0.1, 0.15) is 0 Å². The van der Waals surface area contributed by atoms with Gasteiger partial charge < -0.3 is 9.66 Å². The van der Waals surface area contributed by atoms with Gasteiger partial charge in [-0.05, 0) is 25.7 Å². The second-order valence-corrected chi connectivity index (χ2v) is 8.76. The number of rotatable bonds is 17. The first-order valence-electron chi connectivity index (χ1n) is 10.0. The Morgan fingerprint density at radius 2 is 1.08 bits per heavy atom. The van der Waals surface area contributed by atoms with Crippen molar-refractivity contribution >= 4 is 10.1 Å². The van der Waals surface area contributed by atoms with E-state index < -0.39 is 15.4 Å². The Morgan fingerprint density at radius 3 is 1.44 bits per heavy atom. The summed E-state index contributed by atoms with van der Waals surface area (Å²) in [6.45, 7) is 4.29. The SMILES string of the molecule is CCCCCCC(O)CCCCCC(CCCCCC)S(=O)(=O)[O-].[Na+]. The second kappa shape index (κ2) is 18.2. The van der Waals surface area contributed by atoms with Crippen molar-refractivity contribution in [3.63, 3.8) is 0 Å². The summed E-state index contributed by atoms with van der Waals surface area (Å²) in [5.74, 6) is 0. The minimum atomic E-state index is -4.17. The second-order valence-electron chi connectivity index (χ2n) is 7.11. The van der Waals surface area contributed by atoms with Crippen molar-refractivity contribution in [3.05, 3.63) is 0 Å². The first-order chi connectivity index (χ1) is 11.4. The van der Waals surface area contributed by atoms with E-state index in [4.69, 9.17) is 0 Å². The summed E-state index contributed by atoms with van der Waals surface area (Å²) in [6.07, 6.45) is 13.7. The van der Waals surface area contributed by atoms with Crippen LogP contribution >= 0.6 is 0 Å². The minimum absolute atomic E-state index is 0. The van der Waals surface area contributed by atoms with Crippen LogP contribution in [0.25, 0.3) is 0 Å². The molecule has 0 amide bonds. The molecule has 0 aliphatic heterocycles. The summed E-state index contributed by atoms with van der Waals surface area (Å²) < 4.78 is 34.0. The monoisotopic (exact) mass is 386 g/mol. The first-order valence-corrected chi connectivity index (χ1v) is 11.5. The van der Waals surface area contributed by atoms with Gasteiger partial charge in [0.15, 0.2) is 0 Å². The van der Waals surface area contributed by atoms with E-state index in [0.717, 1.165) is 64.2 Å². The predicted molar refractivity (Wildman–Crippen MR) is 100 cm³/mol. The maximum absolute atomic E-state index is 11.3. The average Bonchev–Trinajstić information content (AvgIpc) is 2.52. The van der Waals surface area contributed by atoms with Crippen molar-refractivity contribution in [1.29, 1.82) is 0 Å². The van der Waals surface area contributed by atoms with E-state index in [9.17, 15) is 18.1 Å². The fraction of sp³-hybridized carbons (Fsp3) is 1.00. The van der Waals surface area contributed by atoms with Crippen molar-refractivity contribution in [2.24, 2.45) is 0 Å². The molecule has 0 aliphatic rings. The average molecular weight is 387 g/mol. The molecular formula is C19H39NaO4S. The minimum Gasteiger partial charge on any atom is -0.748 e. The Bertz CT molecular complexity index is 374. The largest absolute Gasteiger partial charge is 1.00 e. The van der Waals surface area contributed by atoms with Gasteiger partial charge >= 0.3 is 29.6 Å². The smallest absolute Gasteiger partial charge is 0.748 e. The molecule has 0 spiro atoms. The van der Waals surface area contributed by atoms with Crippen LogP contribution in [0.3, 0.4) is 0 Å². The molecule has 2 unspecified atom stereocenters. The Hall–Kier alpha value is 0.870. The maximum atomic E-state index is 11.3. The summed E-state index contributed by atoms with van der Waals surface area (Å²) >= 11 is 0. The Labute approximate surface area is 178 Å². The third-order valence-corrected chi connectivity index (χ3v) is 6.03. The molecule has 0 heterocycles. The molecule has 0 fully saturated rings. The van der Waals surface area contributed by atoms with E-state index in [1.165, 1.54) is 19.3 Å². The molecule has 0 aromatic rings. The Kier molecular flexibility index (Phi) is 20.5. The van der Waals surface area contributed by atoms with Gasteiger partial charge in [0.2, 0.25) is 0 Å². The molecule has 0 saturated heterocycles. The van der Waals surface area contributed by atoms with Crippen LogP contribution in [0.4, 0.5) is 0 Å². The fourth-order valence-corrected chi connectivity index (χ4v) is 4.02. The molecule has 0 bridgehead atoms. The molecule has 4 nitrogen and oxygen atoms in total. The zero-order chi connectivity index (χ0) is 18.3. The summed E-state index contributed by atoms with van der Waals surface area (Å²) in [5.41, 5.74) is 0. The van der Waals surface area contributed by atoms with Crippen molar-refractivity contribution < 1.29 is 47.6 Å².